The summed E-state index contributed by atoms with van der Waals surface area (Å²) >= 11 is 5.97. The van der Waals surface area contributed by atoms with Crippen molar-refractivity contribution in [1.82, 2.24) is 19.5 Å². The molecule has 0 radical (unpaired) electrons. The summed E-state index contributed by atoms with van der Waals surface area (Å²) in [6, 6.07) is 1.69. The number of fused-ring (bicyclic) bond motifs is 1. The molecule has 0 saturated heterocycles. The Bertz CT molecular complexity index is 872. The SMILES string of the molecule is CC(N)c1nc2c(Cl)cc(F)cc2c(=O)n1-c1c[nH]cn1. The number of nitrogens with one attached hydrogen (secondary N) is 1. The van der Waals surface area contributed by atoms with Crippen LogP contribution >= 0.6 is 11.6 Å². The fourth-order valence-electron chi connectivity index (χ4n) is 2.13. The highest BCUT2D eigenvalue weighted by atomic mass is 35.5. The molecule has 8 heteroatoms. The van der Waals surface area contributed by atoms with Crippen LogP contribution in [0, 0.1) is 5.82 Å². The zero-order chi connectivity index (χ0) is 15.1. The van der Waals surface area contributed by atoms with Gasteiger partial charge in [-0.25, -0.2) is 18.9 Å². The molecular weight excluding hydrogens is 297 g/mol. The van der Waals surface area contributed by atoms with Crippen molar-refractivity contribution in [3.8, 4) is 5.82 Å². The predicted molar refractivity (Wildman–Crippen MR) is 77.1 cm³/mol. The molecular formula is C13H11ClFN5O. The first-order chi connectivity index (χ1) is 9.99. The zero-order valence-electron chi connectivity index (χ0n) is 11.0. The molecule has 2 heterocycles. The van der Waals surface area contributed by atoms with Gasteiger partial charge in [-0.2, -0.15) is 0 Å². The van der Waals surface area contributed by atoms with Gasteiger partial charge in [-0.05, 0) is 19.1 Å². The van der Waals surface area contributed by atoms with E-state index in [1.54, 1.807) is 6.92 Å². The smallest absolute Gasteiger partial charge is 0.267 e. The van der Waals surface area contributed by atoms with Crippen LogP contribution < -0.4 is 11.3 Å². The van der Waals surface area contributed by atoms with Crippen LogP contribution in [0.1, 0.15) is 18.8 Å². The van der Waals surface area contributed by atoms with Gasteiger partial charge in [-0.3, -0.25) is 4.79 Å². The molecule has 1 atom stereocenters. The number of aromatic amines is 1. The zero-order valence-corrected chi connectivity index (χ0v) is 11.7. The van der Waals surface area contributed by atoms with Gasteiger partial charge < -0.3 is 10.7 Å². The molecule has 0 fully saturated rings. The summed E-state index contributed by atoms with van der Waals surface area (Å²) in [6.07, 6.45) is 2.96. The fourth-order valence-corrected chi connectivity index (χ4v) is 2.38. The summed E-state index contributed by atoms with van der Waals surface area (Å²) < 4.78 is 14.8. The lowest BCUT2D eigenvalue weighted by Crippen LogP contribution is -2.27. The number of hydrogen-bond acceptors (Lipinski definition) is 4. The highest BCUT2D eigenvalue weighted by Gasteiger charge is 2.18. The van der Waals surface area contributed by atoms with Gasteiger partial charge in [0.25, 0.3) is 5.56 Å². The lowest BCUT2D eigenvalue weighted by molar-refractivity contribution is 0.628. The van der Waals surface area contributed by atoms with Crippen LogP contribution in [-0.2, 0) is 0 Å². The molecule has 108 valence electrons. The summed E-state index contributed by atoms with van der Waals surface area (Å²) in [6.45, 7) is 1.69. The minimum Gasteiger partial charge on any atom is -0.349 e. The average Bonchev–Trinajstić information content (AvgIpc) is 2.92. The molecule has 0 bridgehead atoms. The maximum Gasteiger partial charge on any atom is 0.267 e. The summed E-state index contributed by atoms with van der Waals surface area (Å²) in [7, 11) is 0. The standard InChI is InChI=1S/C13H11ClFN5O/c1-6(16)12-19-11-8(2-7(15)3-9(11)14)13(21)20(12)10-4-17-5-18-10/h2-6H,16H2,1H3,(H,17,18). The molecule has 3 N–H and O–H groups in total. The lowest BCUT2D eigenvalue weighted by Gasteiger charge is -2.14. The van der Waals surface area contributed by atoms with E-state index in [1.165, 1.54) is 17.1 Å². The molecule has 0 saturated carbocycles. The Hall–Kier alpha value is -2.25. The highest BCUT2D eigenvalue weighted by Crippen LogP contribution is 2.23. The second-order valence-corrected chi connectivity index (χ2v) is 5.02. The first-order valence-corrected chi connectivity index (χ1v) is 6.53. The van der Waals surface area contributed by atoms with E-state index in [0.29, 0.717) is 11.6 Å². The van der Waals surface area contributed by atoms with Crippen LogP contribution in [0.3, 0.4) is 0 Å². The van der Waals surface area contributed by atoms with E-state index in [9.17, 15) is 9.18 Å². The van der Waals surface area contributed by atoms with Gasteiger partial charge in [-0.15, -0.1) is 0 Å². The summed E-state index contributed by atoms with van der Waals surface area (Å²) in [4.78, 5) is 23.7. The van der Waals surface area contributed by atoms with E-state index >= 15 is 0 Å². The normalized spacial score (nSPS) is 12.8. The Kier molecular flexibility index (Phi) is 3.23. The number of benzene rings is 1. The van der Waals surface area contributed by atoms with E-state index in [4.69, 9.17) is 17.3 Å². The Morgan fingerprint density at radius 3 is 2.86 bits per heavy atom. The molecule has 0 aliphatic heterocycles. The molecule has 3 aromatic rings. The number of rotatable bonds is 2. The minimum absolute atomic E-state index is 0.0678. The molecule has 3 rings (SSSR count). The Morgan fingerprint density at radius 2 is 2.24 bits per heavy atom. The second-order valence-electron chi connectivity index (χ2n) is 4.61. The van der Waals surface area contributed by atoms with E-state index in [-0.39, 0.29) is 15.9 Å². The fraction of sp³-hybridized carbons (Fsp3) is 0.154. The third kappa shape index (κ3) is 2.20. The van der Waals surface area contributed by atoms with Crippen LogP contribution in [0.15, 0.2) is 29.5 Å². The molecule has 1 aromatic carbocycles. The van der Waals surface area contributed by atoms with Gasteiger partial charge in [0.15, 0.2) is 5.82 Å². The number of hydrogen-bond donors (Lipinski definition) is 2. The van der Waals surface area contributed by atoms with Crippen LogP contribution in [0.2, 0.25) is 5.02 Å². The number of nitrogens with two attached hydrogens (primary N) is 1. The number of imidazole rings is 1. The van der Waals surface area contributed by atoms with E-state index in [2.05, 4.69) is 15.0 Å². The van der Waals surface area contributed by atoms with E-state index < -0.39 is 17.4 Å². The Labute approximate surface area is 123 Å². The Morgan fingerprint density at radius 1 is 1.48 bits per heavy atom. The number of nitrogens with zero attached hydrogens (tertiary/aromatic N) is 3. The van der Waals surface area contributed by atoms with Crippen LogP contribution in [0.5, 0.6) is 0 Å². The monoisotopic (exact) mass is 307 g/mol. The number of H-pyrrole nitrogens is 1. The first-order valence-electron chi connectivity index (χ1n) is 6.15. The number of aromatic nitrogens is 4. The summed E-state index contributed by atoms with van der Waals surface area (Å²) in [5.74, 6) is 0.0312. The van der Waals surface area contributed by atoms with Crippen molar-refractivity contribution in [2.45, 2.75) is 13.0 Å². The van der Waals surface area contributed by atoms with Gasteiger partial charge in [0.1, 0.15) is 11.6 Å². The summed E-state index contributed by atoms with van der Waals surface area (Å²) in [5, 5.41) is 0.144. The predicted octanol–water partition coefficient (Wildman–Crippen LogP) is 1.92. The van der Waals surface area contributed by atoms with Gasteiger partial charge in [0.05, 0.1) is 28.3 Å². The molecule has 0 spiro atoms. The van der Waals surface area contributed by atoms with Crippen molar-refractivity contribution in [3.05, 3.63) is 51.7 Å². The number of halogens is 2. The third-order valence-electron chi connectivity index (χ3n) is 3.04. The largest absolute Gasteiger partial charge is 0.349 e. The van der Waals surface area contributed by atoms with Crippen molar-refractivity contribution >= 4 is 22.5 Å². The molecule has 21 heavy (non-hydrogen) atoms. The van der Waals surface area contributed by atoms with Gasteiger partial charge >= 0.3 is 0 Å². The second kappa shape index (κ2) is 4.94. The van der Waals surface area contributed by atoms with Crippen LogP contribution in [0.4, 0.5) is 4.39 Å². The van der Waals surface area contributed by atoms with E-state index in [1.807, 2.05) is 0 Å². The van der Waals surface area contributed by atoms with Crippen molar-refractivity contribution < 1.29 is 4.39 Å². The quantitative estimate of drug-likeness (QED) is 0.757. The van der Waals surface area contributed by atoms with E-state index in [0.717, 1.165) is 12.1 Å². The Balaban J connectivity index is 2.49. The van der Waals surface area contributed by atoms with Crippen molar-refractivity contribution in [3.63, 3.8) is 0 Å². The highest BCUT2D eigenvalue weighted by molar-refractivity contribution is 6.35. The van der Waals surface area contributed by atoms with Crippen molar-refractivity contribution in [2.24, 2.45) is 5.73 Å². The lowest BCUT2D eigenvalue weighted by atomic mass is 10.2. The molecule has 0 aliphatic rings. The molecule has 2 aromatic heterocycles. The third-order valence-corrected chi connectivity index (χ3v) is 3.33. The first kappa shape index (κ1) is 13.7. The van der Waals surface area contributed by atoms with Crippen LogP contribution in [0.25, 0.3) is 16.7 Å². The van der Waals surface area contributed by atoms with Crippen molar-refractivity contribution in [2.75, 3.05) is 0 Å². The summed E-state index contributed by atoms with van der Waals surface area (Å²) in [5.41, 5.74) is 5.64. The maximum atomic E-state index is 13.5. The van der Waals surface area contributed by atoms with Gasteiger partial charge in [0, 0.05) is 6.20 Å². The van der Waals surface area contributed by atoms with Crippen LogP contribution in [-0.4, -0.2) is 19.5 Å². The molecule has 6 nitrogen and oxygen atoms in total. The van der Waals surface area contributed by atoms with Gasteiger partial charge in [0.2, 0.25) is 0 Å². The molecule has 0 aliphatic carbocycles. The minimum atomic E-state index is -0.603. The average molecular weight is 308 g/mol. The molecule has 1 unspecified atom stereocenters. The molecule has 0 amide bonds. The maximum absolute atomic E-state index is 13.5. The van der Waals surface area contributed by atoms with Gasteiger partial charge in [-0.1, -0.05) is 11.6 Å². The van der Waals surface area contributed by atoms with Crippen molar-refractivity contribution in [1.29, 1.82) is 0 Å². The topological polar surface area (TPSA) is 89.6 Å².